The molecule has 9 heteroatoms. The summed E-state index contributed by atoms with van der Waals surface area (Å²) in [6.45, 7) is 0.144. The Bertz CT molecular complexity index is 1110. The fraction of sp³-hybridized carbons (Fsp3) is 0.105. The third-order valence-electron chi connectivity index (χ3n) is 3.82. The van der Waals surface area contributed by atoms with E-state index in [9.17, 15) is 13.6 Å². The molecule has 0 saturated carbocycles. The lowest BCUT2D eigenvalue weighted by Crippen LogP contribution is -2.24. The Morgan fingerprint density at radius 2 is 2.04 bits per heavy atom. The summed E-state index contributed by atoms with van der Waals surface area (Å²) in [6, 6.07) is 12.5. The minimum absolute atomic E-state index is 0.109. The minimum Gasteiger partial charge on any atom is -0.356 e. The molecule has 0 spiro atoms. The van der Waals surface area contributed by atoms with E-state index in [1.165, 1.54) is 35.2 Å². The third-order valence-corrected chi connectivity index (χ3v) is 6.00. The molecule has 4 rings (SSSR count). The highest BCUT2D eigenvalue weighted by Gasteiger charge is 2.13. The van der Waals surface area contributed by atoms with Crippen LogP contribution in [0.2, 0.25) is 0 Å². The molecule has 0 fully saturated rings. The van der Waals surface area contributed by atoms with Crippen LogP contribution in [0.25, 0.3) is 21.5 Å². The quantitative estimate of drug-likeness (QED) is 0.463. The number of halogens is 2. The summed E-state index contributed by atoms with van der Waals surface area (Å²) < 4.78 is 33.8. The monoisotopic (exact) mass is 417 g/mol. The van der Waals surface area contributed by atoms with Crippen molar-refractivity contribution in [2.45, 2.75) is 10.9 Å². The van der Waals surface area contributed by atoms with Crippen LogP contribution in [0.5, 0.6) is 0 Å². The van der Waals surface area contributed by atoms with E-state index in [0.717, 1.165) is 26.7 Å². The van der Waals surface area contributed by atoms with Gasteiger partial charge in [0.25, 0.3) is 0 Å². The van der Waals surface area contributed by atoms with Crippen LogP contribution in [0.15, 0.2) is 57.4 Å². The smallest absolute Gasteiger partial charge is 0.230 e. The zero-order valence-corrected chi connectivity index (χ0v) is 15.9. The molecule has 0 atom stereocenters. The number of hydrogen-bond donors (Lipinski definition) is 1. The number of carbonyl (C=O) groups is 1. The molecule has 0 aliphatic rings. The van der Waals surface area contributed by atoms with Gasteiger partial charge in [-0.2, -0.15) is 0 Å². The topological polar surface area (TPSA) is 68.0 Å². The van der Waals surface area contributed by atoms with Gasteiger partial charge in [0.05, 0.1) is 28.1 Å². The molecule has 1 amide bonds. The molecule has 2 aromatic carbocycles. The van der Waals surface area contributed by atoms with Crippen LogP contribution in [0, 0.1) is 11.6 Å². The van der Waals surface area contributed by atoms with Gasteiger partial charge in [0.15, 0.2) is 10.1 Å². The molecule has 0 bridgehead atoms. The fourth-order valence-electron chi connectivity index (χ4n) is 2.49. The van der Waals surface area contributed by atoms with Crippen molar-refractivity contribution < 1.29 is 18.1 Å². The predicted molar refractivity (Wildman–Crippen MR) is 104 cm³/mol. The Morgan fingerprint density at radius 1 is 1.18 bits per heavy atom. The summed E-state index contributed by atoms with van der Waals surface area (Å²) in [5.41, 5.74) is 1.47. The third kappa shape index (κ3) is 4.20. The van der Waals surface area contributed by atoms with Crippen molar-refractivity contribution in [3.8, 4) is 11.3 Å². The number of nitrogens with one attached hydrogen (secondary N) is 1. The SMILES string of the molecule is O=C(CSc1nc2ccccc2s1)NCc1cc(-c2ccc(F)cc2F)on1. The maximum Gasteiger partial charge on any atom is 0.230 e. The van der Waals surface area contributed by atoms with Crippen LogP contribution in [-0.4, -0.2) is 21.8 Å². The first-order valence-electron chi connectivity index (χ1n) is 8.24. The number of hydrogen-bond acceptors (Lipinski definition) is 6. The zero-order chi connectivity index (χ0) is 19.5. The molecule has 2 aromatic heterocycles. The van der Waals surface area contributed by atoms with Crippen LogP contribution >= 0.6 is 23.1 Å². The highest BCUT2D eigenvalue weighted by Crippen LogP contribution is 2.29. The number of carbonyl (C=O) groups excluding carboxylic acids is 1. The summed E-state index contributed by atoms with van der Waals surface area (Å²) >= 11 is 2.90. The molecular formula is C19H13F2N3O2S2. The van der Waals surface area contributed by atoms with Gasteiger partial charge in [0.2, 0.25) is 5.91 Å². The minimum atomic E-state index is -0.737. The molecule has 0 aliphatic carbocycles. The van der Waals surface area contributed by atoms with E-state index in [1.807, 2.05) is 24.3 Å². The molecular weight excluding hydrogens is 404 g/mol. The maximum absolute atomic E-state index is 13.8. The van der Waals surface area contributed by atoms with Crippen LogP contribution in [0.1, 0.15) is 5.69 Å². The number of thioether (sulfide) groups is 1. The largest absolute Gasteiger partial charge is 0.356 e. The van der Waals surface area contributed by atoms with Crippen molar-refractivity contribution in [3.05, 3.63) is 65.9 Å². The molecule has 0 aliphatic heterocycles. The first kappa shape index (κ1) is 18.6. The molecule has 1 N–H and O–H groups in total. The summed E-state index contributed by atoms with van der Waals surface area (Å²) in [5, 5.41) is 6.54. The van der Waals surface area contributed by atoms with E-state index in [2.05, 4.69) is 15.5 Å². The number of nitrogens with zero attached hydrogens (tertiary/aromatic N) is 2. The van der Waals surface area contributed by atoms with Crippen molar-refractivity contribution in [1.82, 2.24) is 15.5 Å². The molecule has 2 heterocycles. The van der Waals surface area contributed by atoms with Gasteiger partial charge in [0.1, 0.15) is 17.3 Å². The van der Waals surface area contributed by atoms with Crippen LogP contribution in [0.4, 0.5) is 8.78 Å². The average Bonchev–Trinajstić information content (AvgIpc) is 3.31. The molecule has 0 unspecified atom stereocenters. The summed E-state index contributed by atoms with van der Waals surface area (Å²) in [7, 11) is 0. The molecule has 142 valence electrons. The average molecular weight is 417 g/mol. The first-order valence-corrected chi connectivity index (χ1v) is 10.0. The maximum atomic E-state index is 13.8. The number of thiazole rings is 1. The van der Waals surface area contributed by atoms with Gasteiger partial charge in [-0.15, -0.1) is 11.3 Å². The lowest BCUT2D eigenvalue weighted by molar-refractivity contribution is -0.118. The second-order valence-electron chi connectivity index (χ2n) is 5.82. The van der Waals surface area contributed by atoms with Crippen molar-refractivity contribution in [1.29, 1.82) is 0 Å². The van der Waals surface area contributed by atoms with Gasteiger partial charge in [-0.1, -0.05) is 29.1 Å². The zero-order valence-electron chi connectivity index (χ0n) is 14.3. The highest BCUT2D eigenvalue weighted by atomic mass is 32.2. The summed E-state index contributed by atoms with van der Waals surface area (Å²) in [4.78, 5) is 16.5. The Hall–Kier alpha value is -2.78. The van der Waals surface area contributed by atoms with E-state index in [4.69, 9.17) is 4.52 Å². The van der Waals surface area contributed by atoms with Gasteiger partial charge < -0.3 is 9.84 Å². The lowest BCUT2D eigenvalue weighted by Gasteiger charge is -2.01. The molecule has 5 nitrogen and oxygen atoms in total. The Labute approximate surface area is 166 Å². The van der Waals surface area contributed by atoms with E-state index in [-0.39, 0.29) is 29.5 Å². The van der Waals surface area contributed by atoms with Crippen molar-refractivity contribution in [3.63, 3.8) is 0 Å². The number of rotatable bonds is 6. The van der Waals surface area contributed by atoms with Crippen LogP contribution in [0.3, 0.4) is 0 Å². The Balaban J connectivity index is 1.32. The van der Waals surface area contributed by atoms with Gasteiger partial charge in [0, 0.05) is 12.1 Å². The molecule has 0 radical (unpaired) electrons. The summed E-state index contributed by atoms with van der Waals surface area (Å²) in [6.07, 6.45) is 0. The number of benzene rings is 2. The van der Waals surface area contributed by atoms with Gasteiger partial charge >= 0.3 is 0 Å². The van der Waals surface area contributed by atoms with Crippen molar-refractivity contribution in [2.24, 2.45) is 0 Å². The van der Waals surface area contributed by atoms with Crippen LogP contribution in [-0.2, 0) is 11.3 Å². The standard InChI is InChI=1S/C19H13F2N3O2S2/c20-11-5-6-13(14(21)7-11)16-8-12(24-26-16)9-22-18(25)10-27-19-23-15-3-1-2-4-17(15)28-19/h1-8H,9-10H2,(H,22,25). The number of aromatic nitrogens is 2. The summed E-state index contributed by atoms with van der Waals surface area (Å²) in [5.74, 6) is -1.19. The number of para-hydroxylation sites is 1. The molecule has 4 aromatic rings. The fourth-order valence-corrected chi connectivity index (χ4v) is 4.39. The van der Waals surface area contributed by atoms with Crippen molar-refractivity contribution >= 4 is 39.2 Å². The first-order chi connectivity index (χ1) is 13.6. The second kappa shape index (κ2) is 8.07. The van der Waals surface area contributed by atoms with Gasteiger partial charge in [-0.3, -0.25) is 4.79 Å². The predicted octanol–water partition coefficient (Wildman–Crippen LogP) is 4.64. The van der Waals surface area contributed by atoms with Crippen LogP contribution < -0.4 is 5.32 Å². The lowest BCUT2D eigenvalue weighted by atomic mass is 10.1. The van der Waals surface area contributed by atoms with E-state index >= 15 is 0 Å². The van der Waals surface area contributed by atoms with E-state index in [1.54, 1.807) is 0 Å². The Kier molecular flexibility index (Phi) is 5.36. The van der Waals surface area contributed by atoms with Gasteiger partial charge in [-0.05, 0) is 24.3 Å². The number of fused-ring (bicyclic) bond motifs is 1. The molecule has 0 saturated heterocycles. The highest BCUT2D eigenvalue weighted by molar-refractivity contribution is 8.01. The van der Waals surface area contributed by atoms with Crippen molar-refractivity contribution in [2.75, 3.05) is 5.75 Å². The Morgan fingerprint density at radius 3 is 2.86 bits per heavy atom. The normalized spacial score (nSPS) is 11.1. The van der Waals surface area contributed by atoms with E-state index < -0.39 is 11.6 Å². The molecule has 28 heavy (non-hydrogen) atoms. The second-order valence-corrected chi connectivity index (χ2v) is 8.07. The van der Waals surface area contributed by atoms with E-state index in [0.29, 0.717) is 5.69 Å². The number of amides is 1. The van der Waals surface area contributed by atoms with Gasteiger partial charge in [-0.25, -0.2) is 13.8 Å².